The number of methoxy groups -OCH3 is 1. The molecule has 2 aliphatic rings. The van der Waals surface area contributed by atoms with E-state index in [-0.39, 0.29) is 24.0 Å². The summed E-state index contributed by atoms with van der Waals surface area (Å²) in [5.41, 5.74) is 1.10. The van der Waals surface area contributed by atoms with Gasteiger partial charge >= 0.3 is 0 Å². The molecule has 2 fully saturated rings. The molecule has 28 heavy (non-hydrogen) atoms. The fourth-order valence-electron chi connectivity index (χ4n) is 4.20. The number of carbonyl (C=O) groups excluding carboxylic acids is 2. The first-order valence-electron chi connectivity index (χ1n) is 10.0. The predicted molar refractivity (Wildman–Crippen MR) is 107 cm³/mol. The maximum absolute atomic E-state index is 13.0. The highest BCUT2D eigenvalue weighted by Gasteiger charge is 2.41. The molecule has 1 aliphatic heterocycles. The van der Waals surface area contributed by atoms with Gasteiger partial charge in [-0.3, -0.25) is 9.59 Å². The third-order valence-corrected chi connectivity index (χ3v) is 5.88. The molecule has 2 amide bonds. The summed E-state index contributed by atoms with van der Waals surface area (Å²) < 4.78 is 4.98. The fourth-order valence-corrected chi connectivity index (χ4v) is 4.20. The highest BCUT2D eigenvalue weighted by molar-refractivity contribution is 5.95. The summed E-state index contributed by atoms with van der Waals surface area (Å²) >= 11 is 0. The summed E-state index contributed by atoms with van der Waals surface area (Å²) in [7, 11) is 1.53. The largest absolute Gasteiger partial charge is 0.375 e. The number of likely N-dealkylation sites (tertiary alicyclic amines) is 1. The molecule has 1 saturated carbocycles. The number of benzene rings is 1. The Morgan fingerprint density at radius 1 is 1.18 bits per heavy atom. The van der Waals surface area contributed by atoms with Gasteiger partial charge in [-0.25, -0.2) is 4.98 Å². The van der Waals surface area contributed by atoms with Crippen LogP contribution in [-0.2, 0) is 9.53 Å². The van der Waals surface area contributed by atoms with E-state index in [0.717, 1.165) is 30.2 Å². The highest BCUT2D eigenvalue weighted by atomic mass is 16.5. The number of nitrogens with one attached hydrogen (secondary N) is 1. The van der Waals surface area contributed by atoms with Crippen LogP contribution in [0.4, 0.5) is 0 Å². The normalized spacial score (nSPS) is 18.8. The maximum atomic E-state index is 13.0. The summed E-state index contributed by atoms with van der Waals surface area (Å²) in [6.07, 6.45) is 5.03. The average Bonchev–Trinajstić information content (AvgIpc) is 3.51. The van der Waals surface area contributed by atoms with Gasteiger partial charge in [0.2, 0.25) is 5.91 Å². The minimum absolute atomic E-state index is 0.0333. The first kappa shape index (κ1) is 18.9. The van der Waals surface area contributed by atoms with E-state index >= 15 is 0 Å². The number of pyridine rings is 1. The number of aromatic nitrogens is 1. The van der Waals surface area contributed by atoms with Gasteiger partial charge in [0.15, 0.2) is 0 Å². The van der Waals surface area contributed by atoms with E-state index < -0.39 is 0 Å². The number of para-hydroxylation sites is 1. The quantitative estimate of drug-likeness (QED) is 0.835. The number of ether oxygens (including phenoxy) is 1. The molecule has 0 spiro atoms. The molecule has 1 aliphatic carbocycles. The lowest BCUT2D eigenvalue weighted by atomic mass is 9.82. The van der Waals surface area contributed by atoms with E-state index in [1.54, 1.807) is 6.07 Å². The molecule has 2 aromatic rings. The van der Waals surface area contributed by atoms with Crippen molar-refractivity contribution in [2.24, 2.45) is 5.92 Å². The lowest BCUT2D eigenvalue weighted by Crippen LogP contribution is -2.57. The molecular weight excluding hydrogens is 354 g/mol. The Morgan fingerprint density at radius 3 is 2.64 bits per heavy atom. The van der Waals surface area contributed by atoms with Crippen LogP contribution in [0.5, 0.6) is 0 Å². The van der Waals surface area contributed by atoms with Gasteiger partial charge in [-0.1, -0.05) is 37.1 Å². The molecule has 2 heterocycles. The van der Waals surface area contributed by atoms with E-state index in [1.807, 2.05) is 35.2 Å². The van der Waals surface area contributed by atoms with Crippen LogP contribution in [0.15, 0.2) is 36.4 Å². The lowest BCUT2D eigenvalue weighted by Gasteiger charge is -2.42. The summed E-state index contributed by atoms with van der Waals surface area (Å²) in [6, 6.07) is 11.6. The first-order chi connectivity index (χ1) is 13.6. The van der Waals surface area contributed by atoms with Gasteiger partial charge in [0.1, 0.15) is 12.3 Å². The smallest absolute Gasteiger partial charge is 0.272 e. The maximum Gasteiger partial charge on any atom is 0.272 e. The molecule has 1 N–H and O–H groups in total. The van der Waals surface area contributed by atoms with Crippen molar-refractivity contribution in [2.45, 2.75) is 37.6 Å². The zero-order valence-electron chi connectivity index (χ0n) is 16.3. The van der Waals surface area contributed by atoms with Gasteiger partial charge < -0.3 is 15.0 Å². The molecule has 0 bridgehead atoms. The highest BCUT2D eigenvalue weighted by Crippen LogP contribution is 2.40. The van der Waals surface area contributed by atoms with E-state index in [0.29, 0.717) is 24.7 Å². The van der Waals surface area contributed by atoms with Crippen LogP contribution in [0.3, 0.4) is 0 Å². The third-order valence-electron chi connectivity index (χ3n) is 5.88. The zero-order valence-corrected chi connectivity index (χ0v) is 16.3. The van der Waals surface area contributed by atoms with Crippen LogP contribution in [0.25, 0.3) is 10.9 Å². The van der Waals surface area contributed by atoms with E-state index in [1.165, 1.54) is 20.0 Å². The van der Waals surface area contributed by atoms with Gasteiger partial charge in [-0.05, 0) is 37.3 Å². The summed E-state index contributed by atoms with van der Waals surface area (Å²) in [5, 5.41) is 4.24. The third kappa shape index (κ3) is 4.17. The Kier molecular flexibility index (Phi) is 5.31. The Hall–Kier alpha value is -2.47. The zero-order chi connectivity index (χ0) is 19.6. The van der Waals surface area contributed by atoms with E-state index in [9.17, 15) is 9.59 Å². The van der Waals surface area contributed by atoms with E-state index in [2.05, 4.69) is 10.3 Å². The van der Waals surface area contributed by atoms with Crippen molar-refractivity contribution in [3.05, 3.63) is 42.1 Å². The number of amides is 2. The number of rotatable bonds is 6. The topological polar surface area (TPSA) is 71.5 Å². The van der Waals surface area contributed by atoms with Gasteiger partial charge in [0.05, 0.1) is 5.52 Å². The minimum atomic E-state index is -0.218. The second-order valence-corrected chi connectivity index (χ2v) is 8.09. The van der Waals surface area contributed by atoms with Crippen LogP contribution in [0.2, 0.25) is 0 Å². The lowest BCUT2D eigenvalue weighted by molar-refractivity contribution is -0.127. The first-order valence-corrected chi connectivity index (χ1v) is 10.0. The van der Waals surface area contributed by atoms with Crippen LogP contribution in [-0.4, -0.2) is 54.0 Å². The average molecular weight is 381 g/mol. The molecule has 1 saturated heterocycles. The Balaban J connectivity index is 1.44. The molecule has 148 valence electrons. The van der Waals surface area contributed by atoms with Gasteiger partial charge in [-0.2, -0.15) is 0 Å². The number of hydrogen-bond acceptors (Lipinski definition) is 4. The van der Waals surface area contributed by atoms with Crippen LogP contribution < -0.4 is 5.32 Å². The number of fused-ring (bicyclic) bond motifs is 1. The molecule has 4 rings (SSSR count). The summed E-state index contributed by atoms with van der Waals surface area (Å²) in [6.45, 7) is 1.34. The van der Waals surface area contributed by atoms with Crippen LogP contribution >= 0.6 is 0 Å². The molecule has 6 nitrogen and oxygen atoms in total. The molecule has 6 heteroatoms. The minimum Gasteiger partial charge on any atom is -0.375 e. The van der Waals surface area contributed by atoms with Crippen molar-refractivity contribution in [3.8, 4) is 0 Å². The Morgan fingerprint density at radius 2 is 1.93 bits per heavy atom. The van der Waals surface area contributed by atoms with Crippen molar-refractivity contribution in [1.82, 2.24) is 15.2 Å². The second-order valence-electron chi connectivity index (χ2n) is 8.09. The Bertz CT molecular complexity index is 870. The molecule has 1 aromatic heterocycles. The van der Waals surface area contributed by atoms with Gasteiger partial charge in [0.25, 0.3) is 5.91 Å². The molecule has 1 aromatic carbocycles. The number of nitrogens with zero attached hydrogens (tertiary/aromatic N) is 2. The SMILES string of the molecule is COCC(=O)NC1(CC2CC2)CCN(C(=O)c2ccc3ccccc3n2)CC1. The van der Waals surface area contributed by atoms with Crippen molar-refractivity contribution in [2.75, 3.05) is 26.8 Å². The predicted octanol–water partition coefficient (Wildman–Crippen LogP) is 2.77. The van der Waals surface area contributed by atoms with Crippen LogP contribution in [0.1, 0.15) is 42.6 Å². The Labute approximate surface area is 165 Å². The van der Waals surface area contributed by atoms with E-state index in [4.69, 9.17) is 4.74 Å². The molecular formula is C22H27N3O3. The van der Waals surface area contributed by atoms with Crippen LogP contribution in [0, 0.1) is 5.92 Å². The summed E-state index contributed by atoms with van der Waals surface area (Å²) in [4.78, 5) is 31.5. The van der Waals surface area contributed by atoms with Crippen molar-refractivity contribution in [1.29, 1.82) is 0 Å². The van der Waals surface area contributed by atoms with Gasteiger partial charge in [0, 0.05) is 31.1 Å². The summed E-state index contributed by atoms with van der Waals surface area (Å²) in [5.74, 6) is 0.598. The number of carbonyl (C=O) groups is 2. The molecule has 0 unspecified atom stereocenters. The van der Waals surface area contributed by atoms with Crippen molar-refractivity contribution in [3.63, 3.8) is 0 Å². The number of hydrogen-bond donors (Lipinski definition) is 1. The second kappa shape index (κ2) is 7.87. The molecule has 0 atom stereocenters. The monoisotopic (exact) mass is 381 g/mol. The standard InChI is InChI=1S/C22H27N3O3/c1-28-15-20(26)24-22(14-16-6-7-16)10-12-25(13-11-22)21(27)19-9-8-17-4-2-3-5-18(17)23-19/h2-5,8-9,16H,6-7,10-15H2,1H3,(H,24,26). The number of piperidine rings is 1. The molecule has 0 radical (unpaired) electrons. The van der Waals surface area contributed by atoms with Crippen molar-refractivity contribution >= 4 is 22.7 Å². The van der Waals surface area contributed by atoms with Crippen molar-refractivity contribution < 1.29 is 14.3 Å². The fraction of sp³-hybridized carbons (Fsp3) is 0.500. The van der Waals surface area contributed by atoms with Gasteiger partial charge in [-0.15, -0.1) is 0 Å².